The molecule has 0 spiro atoms. The molecule has 0 aromatic carbocycles. The third kappa shape index (κ3) is 2.56. The lowest BCUT2D eigenvalue weighted by atomic mass is 10.0. The first-order valence-electron chi connectivity index (χ1n) is 7.27. The third-order valence-corrected chi connectivity index (χ3v) is 4.70. The van der Waals surface area contributed by atoms with Gasteiger partial charge in [-0.2, -0.15) is 0 Å². The van der Waals surface area contributed by atoms with Gasteiger partial charge in [-0.25, -0.2) is 4.79 Å². The van der Waals surface area contributed by atoms with Crippen molar-refractivity contribution < 1.29 is 4.74 Å². The molecule has 6 heteroatoms. The molecule has 1 atom stereocenters. The molecular weight excluding hydrogens is 280 g/mol. The van der Waals surface area contributed by atoms with Gasteiger partial charge in [0.25, 0.3) is 5.56 Å². The van der Waals surface area contributed by atoms with E-state index in [9.17, 15) is 9.59 Å². The molecule has 1 saturated heterocycles. The second-order valence-corrected chi connectivity index (χ2v) is 6.16. The van der Waals surface area contributed by atoms with E-state index in [1.807, 2.05) is 0 Å². The van der Waals surface area contributed by atoms with Crippen molar-refractivity contribution in [3.63, 3.8) is 0 Å². The molecule has 2 aliphatic rings. The number of nitrogens with one attached hydrogen (secondary N) is 1. The Kier molecular flexibility index (Phi) is 3.98. The van der Waals surface area contributed by atoms with Crippen molar-refractivity contribution in [2.24, 2.45) is 5.92 Å². The topological polar surface area (TPSA) is 64.1 Å². The van der Waals surface area contributed by atoms with E-state index in [-0.39, 0.29) is 22.5 Å². The van der Waals surface area contributed by atoms with E-state index in [1.165, 1.54) is 4.57 Å². The number of aromatic amines is 1. The van der Waals surface area contributed by atoms with Crippen LogP contribution in [0.3, 0.4) is 0 Å². The van der Waals surface area contributed by atoms with Crippen LogP contribution in [0.25, 0.3) is 0 Å². The lowest BCUT2D eigenvalue weighted by Gasteiger charge is -2.15. The SMILES string of the molecule is O=c1[nH]c(Cl)c(C2CCCC2)c(=O)n1CC1CCOC1. The normalized spacial score (nSPS) is 23.6. The maximum atomic E-state index is 12.6. The Balaban J connectivity index is 1.98. The standard InChI is InChI=1S/C14H19ClN2O3/c15-12-11(10-3-1-2-4-10)13(18)17(14(19)16-12)7-9-5-6-20-8-9/h9-10H,1-8H2,(H,16,19). The van der Waals surface area contributed by atoms with Crippen LogP contribution in [-0.2, 0) is 11.3 Å². The number of ether oxygens (including phenoxy) is 1. The molecule has 5 nitrogen and oxygen atoms in total. The summed E-state index contributed by atoms with van der Waals surface area (Å²) in [5.41, 5.74) is -0.0196. The highest BCUT2D eigenvalue weighted by Gasteiger charge is 2.26. The van der Waals surface area contributed by atoms with Gasteiger partial charge in [0.1, 0.15) is 5.15 Å². The molecule has 1 aromatic rings. The summed E-state index contributed by atoms with van der Waals surface area (Å²) < 4.78 is 6.61. The summed E-state index contributed by atoms with van der Waals surface area (Å²) in [7, 11) is 0. The lowest BCUT2D eigenvalue weighted by Crippen LogP contribution is -2.39. The second kappa shape index (κ2) is 5.74. The molecule has 1 unspecified atom stereocenters. The van der Waals surface area contributed by atoms with Gasteiger partial charge in [0.15, 0.2) is 0 Å². The predicted octanol–water partition coefficient (Wildman–Crippen LogP) is 1.88. The maximum absolute atomic E-state index is 12.6. The second-order valence-electron chi connectivity index (χ2n) is 5.78. The molecule has 0 amide bonds. The van der Waals surface area contributed by atoms with Crippen LogP contribution in [0.2, 0.25) is 5.15 Å². The fourth-order valence-corrected chi connectivity index (χ4v) is 3.60. The number of aromatic nitrogens is 2. The number of H-pyrrole nitrogens is 1. The number of rotatable bonds is 3. The Hall–Kier alpha value is -1.07. The smallest absolute Gasteiger partial charge is 0.329 e. The first kappa shape index (κ1) is 13.9. The quantitative estimate of drug-likeness (QED) is 0.867. The summed E-state index contributed by atoms with van der Waals surface area (Å²) >= 11 is 6.11. The molecule has 1 saturated carbocycles. The van der Waals surface area contributed by atoms with Crippen LogP contribution in [0.15, 0.2) is 9.59 Å². The summed E-state index contributed by atoms with van der Waals surface area (Å²) in [4.78, 5) is 27.2. The van der Waals surface area contributed by atoms with Gasteiger partial charge in [-0.1, -0.05) is 24.4 Å². The van der Waals surface area contributed by atoms with Crippen LogP contribution < -0.4 is 11.2 Å². The summed E-state index contributed by atoms with van der Waals surface area (Å²) in [6.45, 7) is 1.75. The molecule has 0 bridgehead atoms. The summed E-state index contributed by atoms with van der Waals surface area (Å²) in [6.07, 6.45) is 5.10. The Bertz CT molecular complexity index is 595. The monoisotopic (exact) mass is 298 g/mol. The van der Waals surface area contributed by atoms with Gasteiger partial charge in [0, 0.05) is 19.1 Å². The average Bonchev–Trinajstić information content (AvgIpc) is 3.07. The average molecular weight is 299 g/mol. The van der Waals surface area contributed by atoms with Crippen molar-refractivity contribution in [1.29, 1.82) is 0 Å². The highest BCUT2D eigenvalue weighted by molar-refractivity contribution is 6.30. The van der Waals surface area contributed by atoms with E-state index in [4.69, 9.17) is 16.3 Å². The zero-order chi connectivity index (χ0) is 14.1. The van der Waals surface area contributed by atoms with Crippen LogP contribution in [0.1, 0.15) is 43.6 Å². The van der Waals surface area contributed by atoms with Gasteiger partial charge in [-0.3, -0.25) is 14.3 Å². The van der Waals surface area contributed by atoms with Gasteiger partial charge in [0.05, 0.1) is 12.2 Å². The van der Waals surface area contributed by atoms with Crippen LogP contribution in [-0.4, -0.2) is 22.8 Å². The zero-order valence-electron chi connectivity index (χ0n) is 11.4. The number of nitrogens with zero attached hydrogens (tertiary/aromatic N) is 1. The van der Waals surface area contributed by atoms with Crippen LogP contribution in [0, 0.1) is 5.92 Å². The van der Waals surface area contributed by atoms with Gasteiger partial charge in [-0.15, -0.1) is 0 Å². The molecule has 3 rings (SSSR count). The first-order chi connectivity index (χ1) is 9.66. The van der Waals surface area contributed by atoms with Gasteiger partial charge < -0.3 is 4.74 Å². The zero-order valence-corrected chi connectivity index (χ0v) is 12.1. The van der Waals surface area contributed by atoms with Crippen molar-refractivity contribution in [1.82, 2.24) is 9.55 Å². The molecule has 2 heterocycles. The molecular formula is C14H19ClN2O3. The van der Waals surface area contributed by atoms with E-state index in [1.54, 1.807) is 0 Å². The van der Waals surface area contributed by atoms with E-state index in [0.29, 0.717) is 25.3 Å². The summed E-state index contributed by atoms with van der Waals surface area (Å²) in [6, 6.07) is 0. The molecule has 1 aromatic heterocycles. The van der Waals surface area contributed by atoms with Crippen molar-refractivity contribution in [2.75, 3.05) is 13.2 Å². The molecule has 0 radical (unpaired) electrons. The van der Waals surface area contributed by atoms with E-state index in [0.717, 1.165) is 32.1 Å². The number of hydrogen-bond acceptors (Lipinski definition) is 3. The molecule has 1 aliphatic carbocycles. The highest BCUT2D eigenvalue weighted by atomic mass is 35.5. The summed E-state index contributed by atoms with van der Waals surface area (Å²) in [5.74, 6) is 0.435. The Labute approximate surface area is 121 Å². The Morgan fingerprint density at radius 2 is 2.00 bits per heavy atom. The lowest BCUT2D eigenvalue weighted by molar-refractivity contribution is 0.182. The van der Waals surface area contributed by atoms with Crippen molar-refractivity contribution in [3.05, 3.63) is 31.6 Å². The summed E-state index contributed by atoms with van der Waals surface area (Å²) in [5, 5.41) is 0.228. The minimum Gasteiger partial charge on any atom is -0.381 e. The van der Waals surface area contributed by atoms with Crippen molar-refractivity contribution in [3.8, 4) is 0 Å². The number of halogens is 1. The Morgan fingerprint density at radius 1 is 1.25 bits per heavy atom. The fraction of sp³-hybridized carbons (Fsp3) is 0.714. The minimum atomic E-state index is -0.409. The predicted molar refractivity (Wildman–Crippen MR) is 76.5 cm³/mol. The molecule has 2 fully saturated rings. The number of hydrogen-bond donors (Lipinski definition) is 1. The van der Waals surface area contributed by atoms with E-state index < -0.39 is 5.69 Å². The molecule has 1 aliphatic heterocycles. The van der Waals surface area contributed by atoms with Crippen LogP contribution in [0.5, 0.6) is 0 Å². The van der Waals surface area contributed by atoms with Crippen LogP contribution in [0.4, 0.5) is 0 Å². The third-order valence-electron chi connectivity index (χ3n) is 4.40. The minimum absolute atomic E-state index is 0.193. The first-order valence-corrected chi connectivity index (χ1v) is 7.65. The van der Waals surface area contributed by atoms with Crippen molar-refractivity contribution in [2.45, 2.75) is 44.6 Å². The Morgan fingerprint density at radius 3 is 2.65 bits per heavy atom. The molecule has 20 heavy (non-hydrogen) atoms. The van der Waals surface area contributed by atoms with Crippen molar-refractivity contribution >= 4 is 11.6 Å². The fourth-order valence-electron chi connectivity index (χ4n) is 3.28. The van der Waals surface area contributed by atoms with Gasteiger partial charge in [0.2, 0.25) is 0 Å². The largest absolute Gasteiger partial charge is 0.381 e. The maximum Gasteiger partial charge on any atom is 0.329 e. The van der Waals surface area contributed by atoms with E-state index >= 15 is 0 Å². The molecule has 110 valence electrons. The molecule has 1 N–H and O–H groups in total. The highest BCUT2D eigenvalue weighted by Crippen LogP contribution is 2.34. The van der Waals surface area contributed by atoms with Gasteiger partial charge in [-0.05, 0) is 25.2 Å². The van der Waals surface area contributed by atoms with Gasteiger partial charge >= 0.3 is 5.69 Å². The van der Waals surface area contributed by atoms with Crippen LogP contribution >= 0.6 is 11.6 Å². The van der Waals surface area contributed by atoms with E-state index in [2.05, 4.69) is 4.98 Å².